The highest BCUT2D eigenvalue weighted by Gasteiger charge is 2.20. The number of alkyl carbamates (subject to hydrolysis) is 1. The van der Waals surface area contributed by atoms with E-state index in [1.165, 1.54) is 0 Å². The quantitative estimate of drug-likeness (QED) is 0.753. The minimum Gasteiger partial charge on any atom is -0.444 e. The molecule has 1 saturated heterocycles. The number of β-amino-alcohol motifs (C(OH)–C–C–N with tert-alkyl or cyclic N) is 1. The number of amides is 2. The smallest absolute Gasteiger partial charge is 0.408 e. The molecule has 1 unspecified atom stereocenters. The van der Waals surface area contributed by atoms with Gasteiger partial charge in [-0.3, -0.25) is 9.69 Å². The van der Waals surface area contributed by atoms with Gasteiger partial charge in [-0.15, -0.1) is 0 Å². The van der Waals surface area contributed by atoms with Crippen LogP contribution in [0.5, 0.6) is 0 Å². The van der Waals surface area contributed by atoms with Crippen molar-refractivity contribution in [2.75, 3.05) is 25.0 Å². The summed E-state index contributed by atoms with van der Waals surface area (Å²) in [6, 6.07) is 7.56. The number of ether oxygens (including phenoxy) is 1. The summed E-state index contributed by atoms with van der Waals surface area (Å²) in [5, 5.41) is 14.8. The second kappa shape index (κ2) is 8.31. The maximum atomic E-state index is 12.0. The number of carbonyl (C=O) groups excluding carboxylic acids is 2. The van der Waals surface area contributed by atoms with Gasteiger partial charge < -0.3 is 20.5 Å². The zero-order valence-corrected chi connectivity index (χ0v) is 15.0. The van der Waals surface area contributed by atoms with Crippen molar-refractivity contribution in [3.8, 4) is 0 Å². The topological polar surface area (TPSA) is 90.9 Å². The lowest BCUT2D eigenvalue weighted by molar-refractivity contribution is -0.115. The van der Waals surface area contributed by atoms with Gasteiger partial charge in [0.1, 0.15) is 12.1 Å². The van der Waals surface area contributed by atoms with Crippen LogP contribution in [0.3, 0.4) is 0 Å². The molecule has 2 rings (SSSR count). The summed E-state index contributed by atoms with van der Waals surface area (Å²) in [4.78, 5) is 25.7. The monoisotopic (exact) mass is 349 g/mol. The van der Waals surface area contributed by atoms with Gasteiger partial charge in [0.2, 0.25) is 5.91 Å². The van der Waals surface area contributed by atoms with E-state index in [2.05, 4.69) is 15.5 Å². The summed E-state index contributed by atoms with van der Waals surface area (Å²) in [5.74, 6) is -0.320. The third-order valence-corrected chi connectivity index (χ3v) is 3.66. The number of nitrogens with zero attached hydrogens (tertiary/aromatic N) is 1. The third kappa shape index (κ3) is 7.11. The molecule has 0 saturated carbocycles. The fourth-order valence-corrected chi connectivity index (χ4v) is 2.63. The average molecular weight is 349 g/mol. The summed E-state index contributed by atoms with van der Waals surface area (Å²) in [5.41, 5.74) is 1.14. The summed E-state index contributed by atoms with van der Waals surface area (Å²) >= 11 is 0. The Kier molecular flexibility index (Phi) is 6.39. The van der Waals surface area contributed by atoms with Gasteiger partial charge in [-0.05, 0) is 44.9 Å². The summed E-state index contributed by atoms with van der Waals surface area (Å²) in [6.45, 7) is 7.41. The molecule has 2 amide bonds. The molecule has 1 heterocycles. The van der Waals surface area contributed by atoms with Gasteiger partial charge >= 0.3 is 6.09 Å². The largest absolute Gasteiger partial charge is 0.444 e. The first-order valence-corrected chi connectivity index (χ1v) is 8.47. The van der Waals surface area contributed by atoms with Crippen LogP contribution in [-0.4, -0.2) is 53.3 Å². The molecule has 7 nitrogen and oxygen atoms in total. The van der Waals surface area contributed by atoms with Crippen LogP contribution in [-0.2, 0) is 16.1 Å². The van der Waals surface area contributed by atoms with Crippen LogP contribution in [0.1, 0.15) is 32.8 Å². The first-order chi connectivity index (χ1) is 11.7. The Morgan fingerprint density at radius 1 is 1.36 bits per heavy atom. The lowest BCUT2D eigenvalue weighted by atomic mass is 10.2. The SMILES string of the molecule is CC(C)(C)OC(=O)NCC(=O)Nc1cccc(CN2CCC(O)C2)c1. The Morgan fingerprint density at radius 3 is 2.76 bits per heavy atom. The molecule has 1 aromatic rings. The van der Waals surface area contributed by atoms with E-state index >= 15 is 0 Å². The highest BCUT2D eigenvalue weighted by molar-refractivity contribution is 5.93. The molecule has 3 N–H and O–H groups in total. The maximum Gasteiger partial charge on any atom is 0.408 e. The highest BCUT2D eigenvalue weighted by atomic mass is 16.6. The van der Waals surface area contributed by atoms with E-state index in [0.717, 1.165) is 25.1 Å². The lowest BCUT2D eigenvalue weighted by Gasteiger charge is -2.19. The normalized spacial score (nSPS) is 18.0. The highest BCUT2D eigenvalue weighted by Crippen LogP contribution is 2.16. The summed E-state index contributed by atoms with van der Waals surface area (Å²) in [6.07, 6.45) is -0.0712. The Bertz CT molecular complexity index is 613. The van der Waals surface area contributed by atoms with E-state index < -0.39 is 11.7 Å². The van der Waals surface area contributed by atoms with Crippen molar-refractivity contribution >= 4 is 17.7 Å². The van der Waals surface area contributed by atoms with Crippen molar-refractivity contribution in [1.82, 2.24) is 10.2 Å². The average Bonchev–Trinajstić information content (AvgIpc) is 2.89. The number of benzene rings is 1. The van der Waals surface area contributed by atoms with E-state index in [4.69, 9.17) is 4.74 Å². The summed E-state index contributed by atoms with van der Waals surface area (Å²) in [7, 11) is 0. The van der Waals surface area contributed by atoms with Crippen molar-refractivity contribution in [2.45, 2.75) is 45.4 Å². The van der Waals surface area contributed by atoms with E-state index in [1.807, 2.05) is 18.2 Å². The fraction of sp³-hybridized carbons (Fsp3) is 0.556. The molecule has 1 aromatic carbocycles. The second-order valence-corrected chi connectivity index (χ2v) is 7.28. The first kappa shape index (κ1) is 19.2. The molecule has 25 heavy (non-hydrogen) atoms. The van der Waals surface area contributed by atoms with Crippen molar-refractivity contribution in [2.24, 2.45) is 0 Å². The van der Waals surface area contributed by atoms with Crippen LogP contribution in [0.2, 0.25) is 0 Å². The van der Waals surface area contributed by atoms with E-state index in [-0.39, 0.29) is 18.6 Å². The molecule has 1 fully saturated rings. The number of nitrogens with one attached hydrogen (secondary N) is 2. The molecule has 0 aliphatic carbocycles. The third-order valence-electron chi connectivity index (χ3n) is 3.66. The molecule has 1 atom stereocenters. The standard InChI is InChI=1S/C18H27N3O4/c1-18(2,3)25-17(24)19-10-16(23)20-14-6-4-5-13(9-14)11-21-8-7-15(22)12-21/h4-6,9,15,22H,7-8,10-12H2,1-3H3,(H,19,24)(H,20,23). The van der Waals surface area contributed by atoms with Crippen LogP contribution >= 0.6 is 0 Å². The minimum absolute atomic E-state index is 0.155. The van der Waals surface area contributed by atoms with Crippen molar-refractivity contribution < 1.29 is 19.4 Å². The van der Waals surface area contributed by atoms with Gasteiger partial charge in [0.25, 0.3) is 0 Å². The van der Waals surface area contributed by atoms with Gasteiger partial charge in [0.15, 0.2) is 0 Å². The molecule has 0 aromatic heterocycles. The van der Waals surface area contributed by atoms with Crippen LogP contribution in [0.4, 0.5) is 10.5 Å². The Morgan fingerprint density at radius 2 is 2.12 bits per heavy atom. The zero-order valence-electron chi connectivity index (χ0n) is 15.0. The molecule has 0 spiro atoms. The predicted molar refractivity (Wildman–Crippen MR) is 95.2 cm³/mol. The fourth-order valence-electron chi connectivity index (χ4n) is 2.63. The van der Waals surface area contributed by atoms with E-state index in [1.54, 1.807) is 26.8 Å². The van der Waals surface area contributed by atoms with Crippen molar-refractivity contribution in [3.63, 3.8) is 0 Å². The number of likely N-dealkylation sites (tertiary alicyclic amines) is 1. The van der Waals surface area contributed by atoms with E-state index in [9.17, 15) is 14.7 Å². The molecule has 1 aliphatic heterocycles. The van der Waals surface area contributed by atoms with Crippen LogP contribution in [0, 0.1) is 0 Å². The van der Waals surface area contributed by atoms with Gasteiger partial charge in [-0.25, -0.2) is 4.79 Å². The summed E-state index contributed by atoms with van der Waals surface area (Å²) < 4.78 is 5.08. The lowest BCUT2D eigenvalue weighted by Crippen LogP contribution is -2.37. The Balaban J connectivity index is 1.80. The molecule has 138 valence electrons. The van der Waals surface area contributed by atoms with Gasteiger partial charge in [0, 0.05) is 25.3 Å². The maximum absolute atomic E-state index is 12.0. The van der Waals surface area contributed by atoms with E-state index in [0.29, 0.717) is 12.2 Å². The van der Waals surface area contributed by atoms with Crippen LogP contribution in [0.25, 0.3) is 0 Å². The Labute approximate surface area is 148 Å². The molecular formula is C18H27N3O4. The van der Waals surface area contributed by atoms with Gasteiger partial charge in [-0.2, -0.15) is 0 Å². The first-order valence-electron chi connectivity index (χ1n) is 8.47. The number of hydrogen-bond acceptors (Lipinski definition) is 5. The number of carbonyl (C=O) groups is 2. The number of anilines is 1. The molecular weight excluding hydrogens is 322 g/mol. The molecule has 7 heteroatoms. The molecule has 0 radical (unpaired) electrons. The Hall–Kier alpha value is -2.12. The van der Waals surface area contributed by atoms with Gasteiger partial charge in [-0.1, -0.05) is 12.1 Å². The number of hydrogen-bond donors (Lipinski definition) is 3. The molecule has 0 bridgehead atoms. The van der Waals surface area contributed by atoms with Crippen molar-refractivity contribution in [1.29, 1.82) is 0 Å². The number of aliphatic hydroxyl groups excluding tert-OH is 1. The number of aliphatic hydroxyl groups is 1. The number of rotatable bonds is 5. The molecule has 1 aliphatic rings. The van der Waals surface area contributed by atoms with Crippen LogP contribution in [0.15, 0.2) is 24.3 Å². The minimum atomic E-state index is -0.621. The predicted octanol–water partition coefficient (Wildman–Crippen LogP) is 1.72. The second-order valence-electron chi connectivity index (χ2n) is 7.28. The zero-order chi connectivity index (χ0) is 18.4. The van der Waals surface area contributed by atoms with Gasteiger partial charge in [0.05, 0.1) is 6.10 Å². The van der Waals surface area contributed by atoms with Crippen molar-refractivity contribution in [3.05, 3.63) is 29.8 Å². The van der Waals surface area contributed by atoms with Crippen LogP contribution < -0.4 is 10.6 Å².